The zero-order chi connectivity index (χ0) is 15.4. The van der Waals surface area contributed by atoms with E-state index in [-0.39, 0.29) is 18.0 Å². The predicted octanol–water partition coefficient (Wildman–Crippen LogP) is 3.17. The molecule has 1 aliphatic rings. The maximum atomic E-state index is 13.3. The number of benzene rings is 1. The third kappa shape index (κ3) is 3.64. The first kappa shape index (κ1) is 15.0. The van der Waals surface area contributed by atoms with Crippen LogP contribution in [0.3, 0.4) is 0 Å². The number of rotatable bonds is 3. The van der Waals surface area contributed by atoms with Gasteiger partial charge in [0, 0.05) is 13.1 Å². The highest BCUT2D eigenvalue weighted by molar-refractivity contribution is 7.07. The molecule has 0 radical (unpaired) electrons. The highest BCUT2D eigenvalue weighted by Crippen LogP contribution is 2.22. The Hall–Kier alpha value is -1.92. The van der Waals surface area contributed by atoms with Crippen molar-refractivity contribution in [3.63, 3.8) is 0 Å². The number of urea groups is 1. The van der Waals surface area contributed by atoms with Crippen molar-refractivity contribution >= 4 is 17.4 Å². The lowest BCUT2D eigenvalue weighted by Gasteiger charge is -2.33. The van der Waals surface area contributed by atoms with Crippen molar-refractivity contribution in [3.05, 3.63) is 58.0 Å². The van der Waals surface area contributed by atoms with E-state index in [4.69, 9.17) is 4.74 Å². The standard InChI is InChI=1S/C16H17FN2O2S/c17-14-3-1-2-13(8-14)15-10-19(5-6-21-15)16(20)18-9-12-4-7-22-11-12/h1-4,7-8,11,15H,5-6,9-10H2,(H,18,20). The van der Waals surface area contributed by atoms with Crippen LogP contribution in [0.2, 0.25) is 0 Å². The molecule has 1 atom stereocenters. The monoisotopic (exact) mass is 320 g/mol. The predicted molar refractivity (Wildman–Crippen MR) is 83.2 cm³/mol. The molecule has 116 valence electrons. The molecule has 2 amide bonds. The Morgan fingerprint density at radius 2 is 2.36 bits per heavy atom. The van der Waals surface area contributed by atoms with Crippen molar-refractivity contribution in [2.45, 2.75) is 12.6 Å². The third-order valence-electron chi connectivity index (χ3n) is 3.60. The molecule has 1 fully saturated rings. The summed E-state index contributed by atoms with van der Waals surface area (Å²) in [7, 11) is 0. The van der Waals surface area contributed by atoms with Crippen LogP contribution in [0, 0.1) is 5.82 Å². The van der Waals surface area contributed by atoms with E-state index < -0.39 is 0 Å². The van der Waals surface area contributed by atoms with Crippen LogP contribution in [-0.2, 0) is 11.3 Å². The van der Waals surface area contributed by atoms with Gasteiger partial charge in [0.15, 0.2) is 0 Å². The molecule has 2 aromatic rings. The van der Waals surface area contributed by atoms with Crippen LogP contribution in [0.5, 0.6) is 0 Å². The van der Waals surface area contributed by atoms with Gasteiger partial charge in [0.1, 0.15) is 11.9 Å². The van der Waals surface area contributed by atoms with Crippen LogP contribution < -0.4 is 5.32 Å². The highest BCUT2D eigenvalue weighted by atomic mass is 32.1. The molecular weight excluding hydrogens is 303 g/mol. The van der Waals surface area contributed by atoms with Crippen molar-refractivity contribution < 1.29 is 13.9 Å². The van der Waals surface area contributed by atoms with Gasteiger partial charge < -0.3 is 15.0 Å². The summed E-state index contributed by atoms with van der Waals surface area (Å²) >= 11 is 1.61. The van der Waals surface area contributed by atoms with Gasteiger partial charge in [-0.25, -0.2) is 9.18 Å². The summed E-state index contributed by atoms with van der Waals surface area (Å²) in [5, 5.41) is 6.89. The summed E-state index contributed by atoms with van der Waals surface area (Å²) in [5.41, 5.74) is 1.85. The number of carbonyl (C=O) groups is 1. The molecule has 3 rings (SSSR count). The number of thiophene rings is 1. The van der Waals surface area contributed by atoms with E-state index in [1.165, 1.54) is 12.1 Å². The van der Waals surface area contributed by atoms with Gasteiger partial charge in [-0.15, -0.1) is 0 Å². The third-order valence-corrected chi connectivity index (χ3v) is 4.33. The average Bonchev–Trinajstić information content (AvgIpc) is 3.06. The van der Waals surface area contributed by atoms with E-state index in [0.717, 1.165) is 11.1 Å². The Kier molecular flexibility index (Phi) is 4.70. The largest absolute Gasteiger partial charge is 0.370 e. The zero-order valence-electron chi connectivity index (χ0n) is 12.0. The second kappa shape index (κ2) is 6.89. The molecule has 6 heteroatoms. The van der Waals surface area contributed by atoms with Gasteiger partial charge in [0.25, 0.3) is 0 Å². The van der Waals surface area contributed by atoms with E-state index in [1.807, 2.05) is 22.9 Å². The first-order chi connectivity index (χ1) is 10.7. The second-order valence-electron chi connectivity index (χ2n) is 5.15. The second-order valence-corrected chi connectivity index (χ2v) is 5.93. The summed E-state index contributed by atoms with van der Waals surface area (Å²) in [5.74, 6) is -0.292. The number of halogens is 1. The molecule has 0 bridgehead atoms. The number of ether oxygens (including phenoxy) is 1. The SMILES string of the molecule is O=C(NCc1ccsc1)N1CCOC(c2cccc(F)c2)C1. The van der Waals surface area contributed by atoms with E-state index in [9.17, 15) is 9.18 Å². The zero-order valence-corrected chi connectivity index (χ0v) is 12.8. The van der Waals surface area contributed by atoms with Gasteiger partial charge in [-0.1, -0.05) is 12.1 Å². The molecule has 1 aliphatic heterocycles. The van der Waals surface area contributed by atoms with E-state index in [0.29, 0.717) is 26.2 Å². The van der Waals surface area contributed by atoms with E-state index in [2.05, 4.69) is 5.32 Å². The summed E-state index contributed by atoms with van der Waals surface area (Å²) in [6, 6.07) is 8.20. The van der Waals surface area contributed by atoms with Crippen molar-refractivity contribution in [1.29, 1.82) is 0 Å². The summed E-state index contributed by atoms with van der Waals surface area (Å²) in [6.07, 6.45) is -0.281. The van der Waals surface area contributed by atoms with E-state index in [1.54, 1.807) is 22.3 Å². The lowest BCUT2D eigenvalue weighted by molar-refractivity contribution is -0.0156. The number of morpholine rings is 1. The molecule has 1 unspecified atom stereocenters. The fourth-order valence-electron chi connectivity index (χ4n) is 2.42. The fourth-order valence-corrected chi connectivity index (χ4v) is 3.09. The van der Waals surface area contributed by atoms with Gasteiger partial charge in [0.05, 0.1) is 13.2 Å². The van der Waals surface area contributed by atoms with Crippen LogP contribution in [0.1, 0.15) is 17.2 Å². The molecule has 1 N–H and O–H groups in total. The first-order valence-corrected chi connectivity index (χ1v) is 8.07. The first-order valence-electron chi connectivity index (χ1n) is 7.13. The van der Waals surface area contributed by atoms with Gasteiger partial charge in [-0.3, -0.25) is 0 Å². The molecule has 0 spiro atoms. The van der Waals surface area contributed by atoms with Crippen molar-refractivity contribution in [2.75, 3.05) is 19.7 Å². The van der Waals surface area contributed by atoms with Crippen LogP contribution in [0.25, 0.3) is 0 Å². The Balaban J connectivity index is 1.59. The Labute approximate surface area is 132 Å². The molecule has 1 saturated heterocycles. The molecule has 1 aromatic carbocycles. The number of nitrogens with zero attached hydrogens (tertiary/aromatic N) is 1. The summed E-state index contributed by atoms with van der Waals surface area (Å²) in [4.78, 5) is 13.9. The Morgan fingerprint density at radius 1 is 1.45 bits per heavy atom. The minimum Gasteiger partial charge on any atom is -0.370 e. The average molecular weight is 320 g/mol. The van der Waals surface area contributed by atoms with Gasteiger partial charge in [-0.2, -0.15) is 11.3 Å². The summed E-state index contributed by atoms with van der Waals surface area (Å²) < 4.78 is 19.0. The fraction of sp³-hybridized carbons (Fsp3) is 0.312. The molecule has 0 aliphatic carbocycles. The van der Waals surface area contributed by atoms with Gasteiger partial charge >= 0.3 is 6.03 Å². The molecule has 1 aromatic heterocycles. The molecule has 2 heterocycles. The maximum Gasteiger partial charge on any atom is 0.317 e. The smallest absolute Gasteiger partial charge is 0.317 e. The number of carbonyl (C=O) groups excluding carboxylic acids is 1. The molecule has 22 heavy (non-hydrogen) atoms. The van der Waals surface area contributed by atoms with Crippen LogP contribution in [-0.4, -0.2) is 30.6 Å². The van der Waals surface area contributed by atoms with Crippen LogP contribution in [0.4, 0.5) is 9.18 Å². The minimum absolute atomic E-state index is 0.115. The highest BCUT2D eigenvalue weighted by Gasteiger charge is 2.25. The molecular formula is C16H17FN2O2S. The quantitative estimate of drug-likeness (QED) is 0.944. The van der Waals surface area contributed by atoms with Crippen LogP contribution >= 0.6 is 11.3 Å². The molecule has 4 nitrogen and oxygen atoms in total. The van der Waals surface area contributed by atoms with Gasteiger partial charge in [0.2, 0.25) is 0 Å². The normalized spacial score (nSPS) is 18.2. The lowest BCUT2D eigenvalue weighted by atomic mass is 10.1. The number of amides is 2. The lowest BCUT2D eigenvalue weighted by Crippen LogP contribution is -2.46. The minimum atomic E-state index is -0.292. The molecule has 0 saturated carbocycles. The van der Waals surface area contributed by atoms with Crippen molar-refractivity contribution in [2.24, 2.45) is 0 Å². The van der Waals surface area contributed by atoms with Crippen LogP contribution in [0.15, 0.2) is 41.1 Å². The Morgan fingerprint density at radius 3 is 3.14 bits per heavy atom. The van der Waals surface area contributed by atoms with Crippen molar-refractivity contribution in [1.82, 2.24) is 10.2 Å². The van der Waals surface area contributed by atoms with E-state index >= 15 is 0 Å². The Bertz CT molecular complexity index is 633. The topological polar surface area (TPSA) is 41.6 Å². The number of nitrogens with one attached hydrogen (secondary N) is 1. The maximum absolute atomic E-state index is 13.3. The number of hydrogen-bond donors (Lipinski definition) is 1. The van der Waals surface area contributed by atoms with Crippen molar-refractivity contribution in [3.8, 4) is 0 Å². The van der Waals surface area contributed by atoms with Gasteiger partial charge in [-0.05, 0) is 40.1 Å². The number of hydrogen-bond acceptors (Lipinski definition) is 3. The summed E-state index contributed by atoms with van der Waals surface area (Å²) in [6.45, 7) is 1.94.